The van der Waals surface area contributed by atoms with Gasteiger partial charge in [-0.2, -0.15) is 0 Å². The molecule has 1 unspecified atom stereocenters. The van der Waals surface area contributed by atoms with Crippen LogP contribution in [-0.4, -0.2) is 45.3 Å². The summed E-state index contributed by atoms with van der Waals surface area (Å²) < 4.78 is 0. The molecule has 0 saturated carbocycles. The van der Waals surface area contributed by atoms with E-state index in [-0.39, 0.29) is 12.1 Å². The SMILES string of the molecule is CCC(C)(O)CN(CC(=O)O)C(C)(C)C. The van der Waals surface area contributed by atoms with Crippen molar-refractivity contribution in [2.45, 2.75) is 52.2 Å². The van der Waals surface area contributed by atoms with Crippen molar-refractivity contribution in [2.75, 3.05) is 13.1 Å². The highest BCUT2D eigenvalue weighted by Gasteiger charge is 2.30. The maximum Gasteiger partial charge on any atom is 0.317 e. The molecule has 0 amide bonds. The Kier molecular flexibility index (Phi) is 4.74. The molecule has 2 N–H and O–H groups in total. The van der Waals surface area contributed by atoms with Crippen molar-refractivity contribution in [3.63, 3.8) is 0 Å². The van der Waals surface area contributed by atoms with Crippen molar-refractivity contribution in [1.82, 2.24) is 4.90 Å². The van der Waals surface area contributed by atoms with Gasteiger partial charge in [-0.1, -0.05) is 6.92 Å². The minimum absolute atomic E-state index is 0.0420. The lowest BCUT2D eigenvalue weighted by Crippen LogP contribution is -2.51. The van der Waals surface area contributed by atoms with Gasteiger partial charge in [0.05, 0.1) is 12.1 Å². The van der Waals surface area contributed by atoms with Gasteiger partial charge in [0.15, 0.2) is 0 Å². The third-order valence-electron chi connectivity index (χ3n) is 2.57. The van der Waals surface area contributed by atoms with E-state index in [0.717, 1.165) is 0 Å². The van der Waals surface area contributed by atoms with E-state index in [2.05, 4.69) is 0 Å². The molecule has 0 saturated heterocycles. The number of carboxylic acids is 1. The fraction of sp³-hybridized carbons (Fsp3) is 0.909. The zero-order valence-electron chi connectivity index (χ0n) is 10.4. The average molecular weight is 217 g/mol. The Bertz CT molecular complexity index is 218. The number of carbonyl (C=O) groups is 1. The number of hydrogen-bond acceptors (Lipinski definition) is 3. The van der Waals surface area contributed by atoms with Crippen molar-refractivity contribution in [2.24, 2.45) is 0 Å². The third kappa shape index (κ3) is 5.74. The van der Waals surface area contributed by atoms with E-state index < -0.39 is 11.6 Å². The van der Waals surface area contributed by atoms with Gasteiger partial charge in [-0.3, -0.25) is 9.69 Å². The van der Waals surface area contributed by atoms with Crippen LogP contribution in [0.15, 0.2) is 0 Å². The average Bonchev–Trinajstić information content (AvgIpc) is 2.00. The van der Waals surface area contributed by atoms with Crippen LogP contribution in [0.1, 0.15) is 41.0 Å². The molecule has 4 heteroatoms. The smallest absolute Gasteiger partial charge is 0.317 e. The Morgan fingerprint density at radius 3 is 2.00 bits per heavy atom. The molecule has 1 atom stereocenters. The highest BCUT2D eigenvalue weighted by atomic mass is 16.4. The van der Waals surface area contributed by atoms with Gasteiger partial charge < -0.3 is 10.2 Å². The highest BCUT2D eigenvalue weighted by molar-refractivity contribution is 5.69. The molecule has 15 heavy (non-hydrogen) atoms. The molecule has 0 fully saturated rings. The maximum absolute atomic E-state index is 10.7. The summed E-state index contributed by atoms with van der Waals surface area (Å²) in [6, 6.07) is 0. The molecular weight excluding hydrogens is 194 g/mol. The fourth-order valence-corrected chi connectivity index (χ4v) is 1.22. The lowest BCUT2D eigenvalue weighted by atomic mass is 9.98. The number of rotatable bonds is 5. The van der Waals surface area contributed by atoms with Crippen LogP contribution in [0.5, 0.6) is 0 Å². The molecule has 0 aliphatic heterocycles. The summed E-state index contributed by atoms with van der Waals surface area (Å²) in [6.07, 6.45) is 0.610. The topological polar surface area (TPSA) is 60.8 Å². The first-order valence-electron chi connectivity index (χ1n) is 5.28. The van der Waals surface area contributed by atoms with E-state index in [1.165, 1.54) is 0 Å². The summed E-state index contributed by atoms with van der Waals surface area (Å²) in [4.78, 5) is 12.5. The molecule has 4 nitrogen and oxygen atoms in total. The molecule has 0 aromatic carbocycles. The largest absolute Gasteiger partial charge is 0.480 e. The van der Waals surface area contributed by atoms with Gasteiger partial charge in [0, 0.05) is 12.1 Å². The van der Waals surface area contributed by atoms with Crippen molar-refractivity contribution in [3.8, 4) is 0 Å². The van der Waals surface area contributed by atoms with Crippen LogP contribution >= 0.6 is 0 Å². The van der Waals surface area contributed by atoms with Gasteiger partial charge in [-0.05, 0) is 34.1 Å². The van der Waals surface area contributed by atoms with E-state index in [0.29, 0.717) is 13.0 Å². The van der Waals surface area contributed by atoms with Gasteiger partial charge in [-0.15, -0.1) is 0 Å². The predicted molar refractivity (Wildman–Crippen MR) is 59.9 cm³/mol. The Morgan fingerprint density at radius 2 is 1.73 bits per heavy atom. The van der Waals surface area contributed by atoms with Gasteiger partial charge in [0.2, 0.25) is 0 Å². The number of aliphatic hydroxyl groups is 1. The van der Waals surface area contributed by atoms with E-state index in [1.807, 2.05) is 27.7 Å². The first-order chi connectivity index (χ1) is 6.58. The van der Waals surface area contributed by atoms with Gasteiger partial charge in [0.25, 0.3) is 0 Å². The van der Waals surface area contributed by atoms with Crippen molar-refractivity contribution < 1.29 is 15.0 Å². The standard InChI is InChI=1S/C11H23NO3/c1-6-11(5,15)8-12(7-9(13)14)10(2,3)4/h15H,6-8H2,1-5H3,(H,13,14). The van der Waals surface area contributed by atoms with E-state index in [4.69, 9.17) is 5.11 Å². The normalized spacial score (nSPS) is 16.5. The molecule has 0 aliphatic carbocycles. The Labute approximate surface area is 91.9 Å². The first kappa shape index (κ1) is 14.4. The van der Waals surface area contributed by atoms with Gasteiger partial charge >= 0.3 is 5.97 Å². The lowest BCUT2D eigenvalue weighted by molar-refractivity contribution is -0.141. The number of aliphatic carboxylic acids is 1. The lowest BCUT2D eigenvalue weighted by Gasteiger charge is -2.39. The molecule has 0 spiro atoms. The summed E-state index contributed by atoms with van der Waals surface area (Å²) in [6.45, 7) is 9.79. The minimum Gasteiger partial charge on any atom is -0.480 e. The van der Waals surface area contributed by atoms with Crippen LogP contribution in [0.25, 0.3) is 0 Å². The fourth-order valence-electron chi connectivity index (χ4n) is 1.22. The monoisotopic (exact) mass is 217 g/mol. The number of carboxylic acid groups (broad SMARTS) is 1. The minimum atomic E-state index is -0.864. The van der Waals surface area contributed by atoms with Crippen molar-refractivity contribution in [1.29, 1.82) is 0 Å². The molecule has 0 aliphatic rings. The molecule has 0 heterocycles. The van der Waals surface area contributed by atoms with Crippen LogP contribution < -0.4 is 0 Å². The third-order valence-corrected chi connectivity index (χ3v) is 2.57. The second kappa shape index (κ2) is 4.94. The summed E-state index contributed by atoms with van der Waals surface area (Å²) in [5.74, 6) is -0.864. The Balaban J connectivity index is 4.59. The summed E-state index contributed by atoms with van der Waals surface area (Å²) in [5, 5.41) is 18.7. The Hall–Kier alpha value is -0.610. The van der Waals surface area contributed by atoms with Crippen LogP contribution in [-0.2, 0) is 4.79 Å². The van der Waals surface area contributed by atoms with Gasteiger partial charge in [0.1, 0.15) is 0 Å². The predicted octanol–water partition coefficient (Wildman–Crippen LogP) is 1.33. The number of β-amino-alcohol motifs (C(OH)–C–C–N with tert-alkyl or cyclic N) is 1. The first-order valence-corrected chi connectivity index (χ1v) is 5.28. The quantitative estimate of drug-likeness (QED) is 0.729. The molecule has 0 aromatic rings. The van der Waals surface area contributed by atoms with Crippen LogP contribution in [0, 0.1) is 0 Å². The van der Waals surface area contributed by atoms with E-state index in [1.54, 1.807) is 11.8 Å². The number of hydrogen-bond donors (Lipinski definition) is 2. The van der Waals surface area contributed by atoms with E-state index in [9.17, 15) is 9.90 Å². The zero-order valence-corrected chi connectivity index (χ0v) is 10.4. The molecule has 0 bridgehead atoms. The molecule has 0 radical (unpaired) electrons. The zero-order chi connectivity index (χ0) is 12.3. The van der Waals surface area contributed by atoms with Gasteiger partial charge in [-0.25, -0.2) is 0 Å². The highest BCUT2D eigenvalue weighted by Crippen LogP contribution is 2.18. The summed E-state index contributed by atoms with van der Waals surface area (Å²) >= 11 is 0. The molecular formula is C11H23NO3. The summed E-state index contributed by atoms with van der Waals surface area (Å²) in [7, 11) is 0. The maximum atomic E-state index is 10.7. The van der Waals surface area contributed by atoms with Crippen LogP contribution in [0.4, 0.5) is 0 Å². The van der Waals surface area contributed by atoms with Crippen molar-refractivity contribution in [3.05, 3.63) is 0 Å². The van der Waals surface area contributed by atoms with Crippen LogP contribution in [0.3, 0.4) is 0 Å². The number of nitrogens with zero attached hydrogens (tertiary/aromatic N) is 1. The van der Waals surface area contributed by atoms with Crippen LogP contribution in [0.2, 0.25) is 0 Å². The summed E-state index contributed by atoms with van der Waals surface area (Å²) in [5.41, 5.74) is -1.08. The molecule has 90 valence electrons. The molecule has 0 aromatic heterocycles. The van der Waals surface area contributed by atoms with E-state index >= 15 is 0 Å². The molecule has 0 rings (SSSR count). The Morgan fingerprint density at radius 1 is 1.27 bits per heavy atom. The second-order valence-corrected chi connectivity index (χ2v) is 5.27. The van der Waals surface area contributed by atoms with Crippen molar-refractivity contribution >= 4 is 5.97 Å². The second-order valence-electron chi connectivity index (χ2n) is 5.27.